The van der Waals surface area contributed by atoms with Gasteiger partial charge < -0.3 is 9.94 Å². The summed E-state index contributed by atoms with van der Waals surface area (Å²) in [6.07, 6.45) is 1.08. The molecule has 0 amide bonds. The van der Waals surface area contributed by atoms with Gasteiger partial charge >= 0.3 is 5.97 Å². The summed E-state index contributed by atoms with van der Waals surface area (Å²) in [4.78, 5) is 11.1. The van der Waals surface area contributed by atoms with Gasteiger partial charge in [-0.2, -0.15) is 4.73 Å². The van der Waals surface area contributed by atoms with E-state index in [-0.39, 0.29) is 17.3 Å². The highest BCUT2D eigenvalue weighted by Crippen LogP contribution is 2.04. The molecule has 0 N–H and O–H groups in total. The Morgan fingerprint density at radius 2 is 2.38 bits per heavy atom. The minimum atomic E-state index is -0.524. The highest BCUT2D eigenvalue weighted by molar-refractivity contribution is 6.28. The van der Waals surface area contributed by atoms with Gasteiger partial charge in [-0.1, -0.05) is 0 Å². The molecule has 0 spiro atoms. The van der Waals surface area contributed by atoms with Gasteiger partial charge in [0.1, 0.15) is 5.56 Å². The molecule has 1 heterocycles. The fourth-order valence-corrected chi connectivity index (χ4v) is 0.910. The molecular formula is C8H8ClNO3. The lowest BCUT2D eigenvalue weighted by atomic mass is 10.3. The monoisotopic (exact) mass is 201 g/mol. The third-order valence-electron chi connectivity index (χ3n) is 1.38. The van der Waals surface area contributed by atoms with E-state index in [1.165, 1.54) is 12.1 Å². The van der Waals surface area contributed by atoms with Crippen molar-refractivity contribution >= 4 is 17.6 Å². The summed E-state index contributed by atoms with van der Waals surface area (Å²) >= 11 is 5.46. The van der Waals surface area contributed by atoms with Crippen LogP contribution in [0.15, 0.2) is 18.3 Å². The van der Waals surface area contributed by atoms with Crippen molar-refractivity contribution in [2.24, 2.45) is 0 Å². The van der Waals surface area contributed by atoms with E-state index in [9.17, 15) is 10.0 Å². The number of nitrogens with zero attached hydrogens (tertiary/aromatic N) is 1. The Bertz CT molecular complexity index is 327. The molecule has 1 aromatic rings. The summed E-state index contributed by atoms with van der Waals surface area (Å²) in [5.74, 6) is -0.524. The minimum absolute atomic E-state index is 0.0213. The smallest absolute Gasteiger partial charge is 0.344 e. The molecule has 1 rings (SSSR count). The Morgan fingerprint density at radius 3 is 2.92 bits per heavy atom. The first-order valence-corrected chi connectivity index (χ1v) is 4.08. The number of pyridine rings is 1. The molecule has 5 heteroatoms. The van der Waals surface area contributed by atoms with Crippen LogP contribution in [0, 0.1) is 5.21 Å². The number of carbonyl (C=O) groups excluding carboxylic acids is 1. The van der Waals surface area contributed by atoms with Gasteiger partial charge in [-0.15, -0.1) is 0 Å². The number of esters is 1. The van der Waals surface area contributed by atoms with Crippen LogP contribution >= 0.6 is 11.6 Å². The van der Waals surface area contributed by atoms with Crippen molar-refractivity contribution in [1.29, 1.82) is 0 Å². The molecular weight excluding hydrogens is 194 g/mol. The predicted octanol–water partition coefficient (Wildman–Crippen LogP) is 1.15. The van der Waals surface area contributed by atoms with E-state index >= 15 is 0 Å². The summed E-state index contributed by atoms with van der Waals surface area (Å²) in [6, 6.07) is 2.79. The molecule has 0 bridgehead atoms. The van der Waals surface area contributed by atoms with Crippen molar-refractivity contribution in [3.8, 4) is 0 Å². The van der Waals surface area contributed by atoms with Crippen LogP contribution in [-0.4, -0.2) is 12.6 Å². The highest BCUT2D eigenvalue weighted by atomic mass is 35.5. The number of ether oxygens (including phenoxy) is 1. The van der Waals surface area contributed by atoms with Crippen molar-refractivity contribution < 1.29 is 14.3 Å². The van der Waals surface area contributed by atoms with Crippen LogP contribution in [-0.2, 0) is 4.74 Å². The highest BCUT2D eigenvalue weighted by Gasteiger charge is 2.11. The molecule has 0 unspecified atom stereocenters. The van der Waals surface area contributed by atoms with Crippen LogP contribution in [0.25, 0.3) is 0 Å². The third-order valence-corrected chi connectivity index (χ3v) is 1.67. The van der Waals surface area contributed by atoms with Crippen LogP contribution in [0.3, 0.4) is 0 Å². The van der Waals surface area contributed by atoms with Crippen molar-refractivity contribution in [3.63, 3.8) is 0 Å². The standard InChI is InChI=1S/C8H8ClNO3/c1-2-13-8(11)6-3-4-7(9)10(12)5-6/h3-5H,2H2,1H3. The summed E-state index contributed by atoms with van der Waals surface area (Å²) in [6.45, 7) is 1.97. The average molecular weight is 202 g/mol. The van der Waals surface area contributed by atoms with Gasteiger partial charge in [0.15, 0.2) is 6.20 Å². The van der Waals surface area contributed by atoms with Crippen molar-refractivity contribution in [2.75, 3.05) is 6.61 Å². The van der Waals surface area contributed by atoms with Crippen LogP contribution in [0.4, 0.5) is 0 Å². The normalized spacial score (nSPS) is 9.69. The molecule has 4 nitrogen and oxygen atoms in total. The Hall–Kier alpha value is -1.29. The second kappa shape index (κ2) is 4.09. The van der Waals surface area contributed by atoms with Gasteiger partial charge in [0.05, 0.1) is 6.61 Å². The van der Waals surface area contributed by atoms with Crippen LogP contribution in [0.1, 0.15) is 17.3 Å². The average Bonchev–Trinajstić information content (AvgIpc) is 2.10. The van der Waals surface area contributed by atoms with Gasteiger partial charge in [-0.3, -0.25) is 0 Å². The van der Waals surface area contributed by atoms with Gasteiger partial charge in [-0.25, -0.2) is 4.79 Å². The van der Waals surface area contributed by atoms with Crippen LogP contribution < -0.4 is 4.73 Å². The molecule has 0 radical (unpaired) electrons. The molecule has 0 aliphatic rings. The lowest BCUT2D eigenvalue weighted by Gasteiger charge is -2.02. The van der Waals surface area contributed by atoms with E-state index in [1.807, 2.05) is 0 Å². The first-order chi connectivity index (χ1) is 6.15. The molecule has 0 aliphatic carbocycles. The van der Waals surface area contributed by atoms with Gasteiger partial charge in [0.2, 0.25) is 0 Å². The first kappa shape index (κ1) is 9.80. The number of carbonyl (C=O) groups is 1. The number of hydrogen-bond acceptors (Lipinski definition) is 3. The second-order valence-corrected chi connectivity index (χ2v) is 2.67. The molecule has 0 saturated heterocycles. The van der Waals surface area contributed by atoms with Gasteiger partial charge in [0.25, 0.3) is 5.15 Å². The number of hydrogen-bond donors (Lipinski definition) is 0. The Kier molecular flexibility index (Phi) is 3.08. The number of halogens is 1. The fourth-order valence-electron chi connectivity index (χ4n) is 0.798. The van der Waals surface area contributed by atoms with Gasteiger partial charge in [0, 0.05) is 6.07 Å². The lowest BCUT2D eigenvalue weighted by Crippen LogP contribution is -2.28. The maximum Gasteiger partial charge on any atom is 0.344 e. The second-order valence-electron chi connectivity index (χ2n) is 2.29. The van der Waals surface area contributed by atoms with E-state index < -0.39 is 5.97 Å². The van der Waals surface area contributed by atoms with E-state index in [2.05, 4.69) is 4.74 Å². The largest absolute Gasteiger partial charge is 0.618 e. The summed E-state index contributed by atoms with van der Waals surface area (Å²) in [7, 11) is 0. The van der Waals surface area contributed by atoms with E-state index in [1.54, 1.807) is 6.92 Å². The quantitative estimate of drug-likeness (QED) is 0.312. The zero-order chi connectivity index (χ0) is 9.84. The zero-order valence-corrected chi connectivity index (χ0v) is 7.75. The van der Waals surface area contributed by atoms with Crippen LogP contribution in [0.5, 0.6) is 0 Å². The van der Waals surface area contributed by atoms with Crippen molar-refractivity contribution in [3.05, 3.63) is 34.3 Å². The Labute approximate surface area is 80.3 Å². The Balaban J connectivity index is 2.90. The van der Waals surface area contributed by atoms with E-state index in [4.69, 9.17) is 11.6 Å². The molecule has 0 aliphatic heterocycles. The first-order valence-electron chi connectivity index (χ1n) is 3.71. The topological polar surface area (TPSA) is 53.2 Å². The molecule has 0 fully saturated rings. The number of aromatic nitrogens is 1. The summed E-state index contributed by atoms with van der Waals surface area (Å²) in [5.41, 5.74) is 0.196. The van der Waals surface area contributed by atoms with Crippen molar-refractivity contribution in [2.45, 2.75) is 6.92 Å². The van der Waals surface area contributed by atoms with Crippen LogP contribution in [0.2, 0.25) is 5.15 Å². The summed E-state index contributed by atoms with van der Waals surface area (Å²) < 4.78 is 5.10. The predicted molar refractivity (Wildman–Crippen MR) is 46.4 cm³/mol. The molecule has 0 saturated carbocycles. The maximum atomic E-state index is 11.1. The molecule has 0 atom stereocenters. The maximum absolute atomic E-state index is 11.1. The SMILES string of the molecule is CCOC(=O)c1ccc(Cl)[n+]([O-])c1. The summed E-state index contributed by atoms with van der Waals surface area (Å²) in [5, 5.41) is 10.9. The number of rotatable bonds is 2. The van der Waals surface area contributed by atoms with Gasteiger partial charge in [-0.05, 0) is 24.6 Å². The molecule has 13 heavy (non-hydrogen) atoms. The van der Waals surface area contributed by atoms with Crippen molar-refractivity contribution in [1.82, 2.24) is 0 Å². The third kappa shape index (κ3) is 2.32. The Morgan fingerprint density at radius 1 is 1.69 bits per heavy atom. The van der Waals surface area contributed by atoms with E-state index in [0.717, 1.165) is 6.20 Å². The fraction of sp³-hybridized carbons (Fsp3) is 0.250. The molecule has 1 aromatic heterocycles. The zero-order valence-electron chi connectivity index (χ0n) is 6.99. The molecule has 0 aromatic carbocycles. The molecule has 70 valence electrons. The minimum Gasteiger partial charge on any atom is -0.618 e. The van der Waals surface area contributed by atoms with E-state index in [0.29, 0.717) is 4.73 Å². The lowest BCUT2D eigenvalue weighted by molar-refractivity contribution is -0.603.